The van der Waals surface area contributed by atoms with E-state index in [1.807, 2.05) is 6.07 Å². The van der Waals surface area contributed by atoms with Gasteiger partial charge < -0.3 is 30.7 Å². The van der Waals surface area contributed by atoms with Crippen LogP contribution in [0, 0.1) is 0 Å². The lowest BCUT2D eigenvalue weighted by Crippen LogP contribution is -2.16. The van der Waals surface area contributed by atoms with Crippen molar-refractivity contribution < 1.29 is 19.3 Å². The van der Waals surface area contributed by atoms with Crippen LogP contribution in [-0.4, -0.2) is 20.5 Å². The van der Waals surface area contributed by atoms with E-state index in [1.165, 1.54) is 0 Å². The van der Waals surface area contributed by atoms with Crippen LogP contribution in [0.5, 0.6) is 0 Å². The number of hydrogen-bond donors (Lipinski definition) is 4. The smallest absolute Gasteiger partial charge is 0.175 e. The van der Waals surface area contributed by atoms with Crippen LogP contribution >= 0.6 is 0 Å². The summed E-state index contributed by atoms with van der Waals surface area (Å²) in [4.78, 5) is 0. The molecule has 0 aliphatic carbocycles. The van der Waals surface area contributed by atoms with Gasteiger partial charge in [0.15, 0.2) is 17.0 Å². The highest BCUT2D eigenvalue weighted by Gasteiger charge is 2.25. The molecule has 0 unspecified atom stereocenters. The van der Waals surface area contributed by atoms with Crippen molar-refractivity contribution in [2.45, 2.75) is 38.9 Å². The Morgan fingerprint density at radius 3 is 1.96 bits per heavy atom. The first-order chi connectivity index (χ1) is 13.0. The van der Waals surface area contributed by atoms with Gasteiger partial charge in [-0.1, -0.05) is 28.5 Å². The van der Waals surface area contributed by atoms with Gasteiger partial charge in [0.05, 0.1) is 16.4 Å². The molecule has 0 radical (unpaired) electrons. The Hall–Kier alpha value is -3.10. The van der Waals surface area contributed by atoms with E-state index in [1.54, 1.807) is 58.0 Å². The van der Waals surface area contributed by atoms with Gasteiger partial charge in [0.2, 0.25) is 0 Å². The van der Waals surface area contributed by atoms with Gasteiger partial charge in [-0.25, -0.2) is 0 Å². The quantitative estimate of drug-likeness (QED) is 0.385. The first-order valence-corrected chi connectivity index (χ1v) is 8.73. The monoisotopic (exact) mass is 384 g/mol. The lowest BCUT2D eigenvalue weighted by Gasteiger charge is -2.18. The second-order valence-corrected chi connectivity index (χ2v) is 7.62. The summed E-state index contributed by atoms with van der Waals surface area (Å²) >= 11 is 0. The molecule has 148 valence electrons. The molecule has 2 aromatic heterocycles. The van der Waals surface area contributed by atoms with Crippen molar-refractivity contribution in [3.8, 4) is 0 Å². The lowest BCUT2D eigenvalue weighted by molar-refractivity contribution is 0.0716. The SMILES string of the molecule is CC(C)(O)c1cccc2onc(N)c12.CC(C)(O)c1noc2cccc(N)c12. The second-order valence-electron chi connectivity index (χ2n) is 7.62. The molecule has 8 nitrogen and oxygen atoms in total. The molecule has 0 bridgehead atoms. The molecule has 4 aromatic rings. The van der Waals surface area contributed by atoms with Gasteiger partial charge in [-0.2, -0.15) is 0 Å². The fourth-order valence-electron chi connectivity index (χ4n) is 2.96. The number of aromatic nitrogens is 2. The first kappa shape index (κ1) is 19.7. The molecule has 4 rings (SSSR count). The molecule has 0 atom stereocenters. The Bertz CT molecular complexity index is 1110. The fourth-order valence-corrected chi connectivity index (χ4v) is 2.96. The van der Waals surface area contributed by atoms with Crippen LogP contribution in [0.25, 0.3) is 21.9 Å². The van der Waals surface area contributed by atoms with Crippen LogP contribution in [0.3, 0.4) is 0 Å². The third kappa shape index (κ3) is 3.64. The van der Waals surface area contributed by atoms with Gasteiger partial charge in [-0.05, 0) is 51.5 Å². The topological polar surface area (TPSA) is 145 Å². The maximum atomic E-state index is 9.90. The van der Waals surface area contributed by atoms with Gasteiger partial charge in [0.1, 0.15) is 11.3 Å². The largest absolute Gasteiger partial charge is 0.398 e. The summed E-state index contributed by atoms with van der Waals surface area (Å²) in [6.45, 7) is 6.70. The molecule has 6 N–H and O–H groups in total. The number of nitrogens with two attached hydrogens (primary N) is 2. The predicted molar refractivity (Wildman–Crippen MR) is 107 cm³/mol. The van der Waals surface area contributed by atoms with E-state index < -0.39 is 11.2 Å². The third-order valence-electron chi connectivity index (χ3n) is 4.29. The summed E-state index contributed by atoms with van der Waals surface area (Å²) in [5, 5.41) is 28.6. The zero-order valence-electron chi connectivity index (χ0n) is 16.2. The number of benzene rings is 2. The van der Waals surface area contributed by atoms with E-state index in [2.05, 4.69) is 10.3 Å². The number of nitrogen functional groups attached to an aromatic ring is 2. The van der Waals surface area contributed by atoms with E-state index in [9.17, 15) is 10.2 Å². The molecule has 0 aliphatic rings. The summed E-state index contributed by atoms with van der Waals surface area (Å²) in [6.07, 6.45) is 0. The lowest BCUT2D eigenvalue weighted by atomic mass is 9.95. The highest BCUT2D eigenvalue weighted by atomic mass is 16.5. The zero-order valence-corrected chi connectivity index (χ0v) is 16.2. The van der Waals surface area contributed by atoms with Crippen molar-refractivity contribution >= 4 is 33.4 Å². The first-order valence-electron chi connectivity index (χ1n) is 8.73. The molecule has 0 aliphatic heterocycles. The molecule has 0 saturated carbocycles. The maximum Gasteiger partial charge on any atom is 0.175 e. The highest BCUT2D eigenvalue weighted by Crippen LogP contribution is 2.32. The van der Waals surface area contributed by atoms with Crippen LogP contribution in [-0.2, 0) is 11.2 Å². The van der Waals surface area contributed by atoms with Crippen molar-refractivity contribution in [2.24, 2.45) is 0 Å². The molecule has 8 heteroatoms. The van der Waals surface area contributed by atoms with Crippen LogP contribution < -0.4 is 11.5 Å². The molecule has 2 heterocycles. The summed E-state index contributed by atoms with van der Waals surface area (Å²) in [5.74, 6) is 0.317. The van der Waals surface area contributed by atoms with Crippen LogP contribution in [0.4, 0.5) is 11.5 Å². The molecule has 28 heavy (non-hydrogen) atoms. The minimum atomic E-state index is -1.04. The van der Waals surface area contributed by atoms with Gasteiger partial charge in [-0.15, -0.1) is 0 Å². The van der Waals surface area contributed by atoms with E-state index in [-0.39, 0.29) is 0 Å². The Morgan fingerprint density at radius 2 is 1.36 bits per heavy atom. The number of fused-ring (bicyclic) bond motifs is 2. The van der Waals surface area contributed by atoms with E-state index in [4.69, 9.17) is 20.5 Å². The number of rotatable bonds is 2. The van der Waals surface area contributed by atoms with E-state index in [0.29, 0.717) is 39.1 Å². The second kappa shape index (κ2) is 6.81. The zero-order chi connectivity index (χ0) is 20.7. The molecule has 0 saturated heterocycles. The van der Waals surface area contributed by atoms with Crippen molar-refractivity contribution in [1.82, 2.24) is 10.3 Å². The maximum absolute atomic E-state index is 9.90. The Balaban J connectivity index is 0.000000161. The van der Waals surface area contributed by atoms with Gasteiger partial charge >= 0.3 is 0 Å². The highest BCUT2D eigenvalue weighted by molar-refractivity contribution is 5.92. The van der Waals surface area contributed by atoms with E-state index in [0.717, 1.165) is 5.56 Å². The van der Waals surface area contributed by atoms with Crippen LogP contribution in [0.15, 0.2) is 45.4 Å². The number of anilines is 2. The minimum absolute atomic E-state index is 0.317. The molecule has 0 fully saturated rings. The molecule has 0 spiro atoms. The standard InChI is InChI=1S/2C10H12N2O2/c1-10(2,13)9-8-6(11)4-3-5-7(8)14-12-9;1-10(2,13)6-4-3-5-7-8(6)9(11)12-14-7/h3-5,13H,11H2,1-2H3;3-5,13H,1-2H3,(H2,11,12). The van der Waals surface area contributed by atoms with Crippen LogP contribution in [0.2, 0.25) is 0 Å². The number of aliphatic hydroxyl groups is 2. The Kier molecular flexibility index (Phi) is 4.78. The van der Waals surface area contributed by atoms with Gasteiger partial charge in [0, 0.05) is 5.69 Å². The molecular weight excluding hydrogens is 360 g/mol. The number of hydrogen-bond acceptors (Lipinski definition) is 8. The Labute approximate surface area is 161 Å². The van der Waals surface area contributed by atoms with Crippen LogP contribution in [0.1, 0.15) is 39.0 Å². The number of nitrogens with zero attached hydrogens (tertiary/aromatic N) is 2. The predicted octanol–water partition coefficient (Wildman–Crippen LogP) is 3.27. The minimum Gasteiger partial charge on any atom is -0.398 e. The average Bonchev–Trinajstić information content (AvgIpc) is 3.19. The Morgan fingerprint density at radius 1 is 0.786 bits per heavy atom. The normalized spacial score (nSPS) is 12.2. The molecule has 2 aromatic carbocycles. The van der Waals surface area contributed by atoms with Crippen molar-refractivity contribution in [2.75, 3.05) is 11.5 Å². The fraction of sp³-hybridized carbons (Fsp3) is 0.300. The average molecular weight is 384 g/mol. The van der Waals surface area contributed by atoms with Crippen molar-refractivity contribution in [1.29, 1.82) is 0 Å². The third-order valence-corrected chi connectivity index (χ3v) is 4.29. The summed E-state index contributed by atoms with van der Waals surface area (Å²) in [6, 6.07) is 10.7. The molecular formula is C20H24N4O4. The van der Waals surface area contributed by atoms with Crippen molar-refractivity contribution in [3.05, 3.63) is 47.7 Å². The summed E-state index contributed by atoms with van der Waals surface area (Å²) in [7, 11) is 0. The van der Waals surface area contributed by atoms with E-state index >= 15 is 0 Å². The summed E-state index contributed by atoms with van der Waals surface area (Å²) in [5.41, 5.74) is 12.4. The summed E-state index contributed by atoms with van der Waals surface area (Å²) < 4.78 is 10.1. The van der Waals surface area contributed by atoms with Gasteiger partial charge in [-0.3, -0.25) is 0 Å². The molecule has 0 amide bonds. The van der Waals surface area contributed by atoms with Gasteiger partial charge in [0.25, 0.3) is 0 Å². The van der Waals surface area contributed by atoms with Crippen molar-refractivity contribution in [3.63, 3.8) is 0 Å².